The number of rotatable bonds is 2. The number of nitrogens with one attached hydrogen (secondary N) is 2. The van der Waals surface area contributed by atoms with Crippen molar-refractivity contribution in [2.24, 2.45) is 11.8 Å². The van der Waals surface area contributed by atoms with Gasteiger partial charge in [0.1, 0.15) is 11.9 Å². The molecule has 5 nitrogen and oxygen atoms in total. The van der Waals surface area contributed by atoms with Crippen molar-refractivity contribution in [2.45, 2.75) is 38.2 Å². The molecule has 3 aliphatic rings. The number of aromatic nitrogens is 1. The minimum absolute atomic E-state index is 0.0691. The summed E-state index contributed by atoms with van der Waals surface area (Å²) in [7, 11) is 0. The third-order valence-electron chi connectivity index (χ3n) is 6.64. The topological polar surface area (TPSA) is 80.1 Å². The number of Topliss-reactive ketones (excluding diaryl/α,β-unsaturated/α-hetero) is 1. The number of benzene rings is 1. The van der Waals surface area contributed by atoms with Crippen LogP contribution in [0.1, 0.15) is 42.7 Å². The summed E-state index contributed by atoms with van der Waals surface area (Å²) < 4.78 is 6.27. The number of allylic oxidation sites excluding steroid dienone is 3. The molecule has 2 heterocycles. The van der Waals surface area contributed by atoms with E-state index in [-0.39, 0.29) is 29.1 Å². The molecule has 0 bridgehead atoms. The summed E-state index contributed by atoms with van der Waals surface area (Å²) in [5.41, 5.74) is 9.24. The maximum atomic E-state index is 13.4. The summed E-state index contributed by atoms with van der Waals surface area (Å²) >= 11 is 0. The molecule has 2 aliphatic carbocycles. The zero-order valence-electron chi connectivity index (χ0n) is 16.4. The lowest BCUT2D eigenvalue weighted by Gasteiger charge is -2.42. The molecule has 1 aromatic carbocycles. The van der Waals surface area contributed by atoms with Crippen LogP contribution in [0.15, 0.2) is 42.2 Å². The van der Waals surface area contributed by atoms with Crippen molar-refractivity contribution in [1.29, 1.82) is 0 Å². The van der Waals surface area contributed by atoms with Gasteiger partial charge in [-0.2, -0.15) is 0 Å². The van der Waals surface area contributed by atoms with Crippen molar-refractivity contribution in [3.8, 4) is 0 Å². The fourth-order valence-electron chi connectivity index (χ4n) is 5.03. The Labute approximate surface area is 165 Å². The van der Waals surface area contributed by atoms with Gasteiger partial charge in [-0.1, -0.05) is 19.9 Å². The molecule has 0 amide bonds. The molecular formula is C23H27N3O2. The van der Waals surface area contributed by atoms with E-state index >= 15 is 0 Å². The molecule has 28 heavy (non-hydrogen) atoms. The Hall–Kier alpha value is -2.53. The fraction of sp³-hybridized carbons (Fsp3) is 0.435. The van der Waals surface area contributed by atoms with Gasteiger partial charge in [0, 0.05) is 45.1 Å². The summed E-state index contributed by atoms with van der Waals surface area (Å²) in [6.45, 7) is 6.43. The zero-order valence-corrected chi connectivity index (χ0v) is 16.4. The lowest BCUT2D eigenvalue weighted by Crippen LogP contribution is -2.43. The number of ketones is 1. The van der Waals surface area contributed by atoms with Crippen molar-refractivity contribution < 1.29 is 9.53 Å². The first-order valence-corrected chi connectivity index (χ1v) is 10.2. The number of carbonyl (C=O) groups excluding carboxylic acids is 1. The van der Waals surface area contributed by atoms with Crippen LogP contribution in [-0.2, 0) is 10.2 Å². The second-order valence-corrected chi connectivity index (χ2v) is 8.81. The van der Waals surface area contributed by atoms with Gasteiger partial charge in [-0.3, -0.25) is 4.79 Å². The molecule has 1 fully saturated rings. The van der Waals surface area contributed by atoms with Crippen LogP contribution < -0.4 is 11.1 Å². The molecule has 2 atom stereocenters. The first kappa shape index (κ1) is 17.6. The van der Waals surface area contributed by atoms with Crippen LogP contribution in [0, 0.1) is 11.8 Å². The monoisotopic (exact) mass is 377 g/mol. The zero-order chi connectivity index (χ0) is 19.5. The molecule has 1 saturated heterocycles. The van der Waals surface area contributed by atoms with E-state index in [0.29, 0.717) is 5.69 Å². The number of piperidine rings is 1. The Balaban J connectivity index is 1.55. The predicted molar refractivity (Wildman–Crippen MR) is 111 cm³/mol. The average molecular weight is 377 g/mol. The van der Waals surface area contributed by atoms with Gasteiger partial charge in [0.25, 0.3) is 0 Å². The van der Waals surface area contributed by atoms with Crippen LogP contribution in [0.2, 0.25) is 0 Å². The van der Waals surface area contributed by atoms with Crippen LogP contribution in [0.3, 0.4) is 0 Å². The predicted octanol–water partition coefficient (Wildman–Crippen LogP) is 3.68. The number of fused-ring (bicyclic) bond motifs is 4. The molecule has 1 aromatic heterocycles. The minimum Gasteiger partial charge on any atom is -0.491 e. The first-order valence-electron chi connectivity index (χ1n) is 10.2. The highest BCUT2D eigenvalue weighted by atomic mass is 16.5. The van der Waals surface area contributed by atoms with E-state index in [9.17, 15) is 4.79 Å². The number of anilines is 1. The number of hydrogen-bond donors (Lipinski definition) is 3. The van der Waals surface area contributed by atoms with Gasteiger partial charge in [-0.25, -0.2) is 0 Å². The molecular weight excluding hydrogens is 350 g/mol. The highest BCUT2D eigenvalue weighted by molar-refractivity contribution is 6.13. The number of nitrogen functional groups attached to an aromatic ring is 1. The normalized spacial score (nSPS) is 26.6. The van der Waals surface area contributed by atoms with Gasteiger partial charge in [0.2, 0.25) is 0 Å². The fourth-order valence-corrected chi connectivity index (χ4v) is 5.03. The lowest BCUT2D eigenvalue weighted by atomic mass is 9.61. The van der Waals surface area contributed by atoms with Gasteiger partial charge in [0.15, 0.2) is 5.78 Å². The van der Waals surface area contributed by atoms with E-state index in [2.05, 4.69) is 30.2 Å². The van der Waals surface area contributed by atoms with Crippen molar-refractivity contribution in [3.05, 3.63) is 53.4 Å². The standard InChI is InChI=1S/C23H27N3O2/c1-23(2)18-12-15(28-14-7-9-25-10-8-14)4-5-16(18)21(27)20-17-11-13(24)3-6-19(17)26-22(20)23/h3-6,11-12,14,16,18,25-26H,7-10,24H2,1-2H3/t16-,18?/m1/s1. The molecule has 1 unspecified atom stereocenters. The highest BCUT2D eigenvalue weighted by Crippen LogP contribution is 2.49. The number of nitrogens with two attached hydrogens (primary N) is 1. The second-order valence-electron chi connectivity index (χ2n) is 8.81. The molecule has 1 aliphatic heterocycles. The van der Waals surface area contributed by atoms with Gasteiger partial charge in [-0.15, -0.1) is 0 Å². The van der Waals surface area contributed by atoms with Crippen molar-refractivity contribution >= 4 is 22.4 Å². The van der Waals surface area contributed by atoms with Crippen LogP contribution in [-0.4, -0.2) is 30.0 Å². The number of hydrogen-bond acceptors (Lipinski definition) is 4. The second kappa shape index (κ2) is 6.24. The summed E-state index contributed by atoms with van der Waals surface area (Å²) in [6, 6.07) is 5.75. The van der Waals surface area contributed by atoms with E-state index in [0.717, 1.165) is 53.9 Å². The quantitative estimate of drug-likeness (QED) is 0.698. The maximum absolute atomic E-state index is 13.4. The van der Waals surface area contributed by atoms with E-state index in [1.54, 1.807) is 0 Å². The van der Waals surface area contributed by atoms with Crippen molar-refractivity contribution in [3.63, 3.8) is 0 Å². The SMILES string of the molecule is CC1(C)c2[nH]c3ccc(N)cc3c2C(=O)[C@@H]2C=CC(OC3CCNCC3)=CC21. The first-order chi connectivity index (χ1) is 13.4. The molecule has 5 rings (SSSR count). The Kier molecular flexibility index (Phi) is 3.91. The van der Waals surface area contributed by atoms with Crippen LogP contribution in [0.4, 0.5) is 5.69 Å². The van der Waals surface area contributed by atoms with E-state index < -0.39 is 0 Å². The Morgan fingerprint density at radius 1 is 1.21 bits per heavy atom. The number of carbonyl (C=O) groups is 1. The summed E-state index contributed by atoms with van der Waals surface area (Å²) in [6.07, 6.45) is 8.50. The minimum atomic E-state index is -0.213. The molecule has 0 radical (unpaired) electrons. The average Bonchev–Trinajstić information content (AvgIpc) is 3.07. The van der Waals surface area contributed by atoms with Crippen molar-refractivity contribution in [1.82, 2.24) is 10.3 Å². The summed E-state index contributed by atoms with van der Waals surface area (Å²) in [4.78, 5) is 16.9. The smallest absolute Gasteiger partial charge is 0.172 e. The lowest BCUT2D eigenvalue weighted by molar-refractivity contribution is 0.0809. The van der Waals surface area contributed by atoms with Gasteiger partial charge < -0.3 is 20.8 Å². The van der Waals surface area contributed by atoms with Gasteiger partial charge in [0.05, 0.1) is 0 Å². The third-order valence-corrected chi connectivity index (χ3v) is 6.64. The molecule has 0 saturated carbocycles. The molecule has 4 N–H and O–H groups in total. The molecule has 0 spiro atoms. The highest BCUT2D eigenvalue weighted by Gasteiger charge is 2.48. The summed E-state index contributed by atoms with van der Waals surface area (Å²) in [5.74, 6) is 0.977. The van der Waals surface area contributed by atoms with Crippen LogP contribution in [0.5, 0.6) is 0 Å². The van der Waals surface area contributed by atoms with Gasteiger partial charge in [-0.05, 0) is 56.3 Å². The Bertz CT molecular complexity index is 1010. The molecule has 146 valence electrons. The van der Waals surface area contributed by atoms with Crippen LogP contribution >= 0.6 is 0 Å². The van der Waals surface area contributed by atoms with E-state index in [1.807, 2.05) is 30.4 Å². The number of H-pyrrole nitrogens is 1. The van der Waals surface area contributed by atoms with Crippen LogP contribution in [0.25, 0.3) is 10.9 Å². The number of ether oxygens (including phenoxy) is 1. The number of aromatic amines is 1. The van der Waals surface area contributed by atoms with Crippen molar-refractivity contribution in [2.75, 3.05) is 18.8 Å². The maximum Gasteiger partial charge on any atom is 0.172 e. The largest absolute Gasteiger partial charge is 0.491 e. The van der Waals surface area contributed by atoms with E-state index in [4.69, 9.17) is 10.5 Å². The Morgan fingerprint density at radius 2 is 2.00 bits per heavy atom. The summed E-state index contributed by atoms with van der Waals surface area (Å²) in [5, 5.41) is 4.30. The molecule has 5 heteroatoms. The van der Waals surface area contributed by atoms with Gasteiger partial charge >= 0.3 is 0 Å². The third kappa shape index (κ3) is 2.60. The van der Waals surface area contributed by atoms with E-state index in [1.165, 1.54) is 0 Å². The Morgan fingerprint density at radius 3 is 2.79 bits per heavy atom. The molecule has 2 aromatic rings.